The lowest BCUT2D eigenvalue weighted by Gasteiger charge is -2.39. The van der Waals surface area contributed by atoms with E-state index in [-0.39, 0.29) is 24.4 Å². The van der Waals surface area contributed by atoms with Crippen LogP contribution in [0.2, 0.25) is 0 Å². The van der Waals surface area contributed by atoms with Crippen molar-refractivity contribution in [2.75, 3.05) is 16.8 Å². The summed E-state index contributed by atoms with van der Waals surface area (Å²) < 4.78 is 32.1. The number of nitrogens with zero attached hydrogens (tertiary/aromatic N) is 1. The number of nitrogens with one attached hydrogen (secondary N) is 1. The van der Waals surface area contributed by atoms with Crippen molar-refractivity contribution in [3.63, 3.8) is 0 Å². The molecule has 6 nitrogen and oxygen atoms in total. The molecule has 0 spiro atoms. The van der Waals surface area contributed by atoms with Crippen LogP contribution in [-0.4, -0.2) is 24.4 Å². The van der Waals surface area contributed by atoms with E-state index in [1.807, 2.05) is 48.7 Å². The second-order valence-corrected chi connectivity index (χ2v) is 8.96. The summed E-state index contributed by atoms with van der Waals surface area (Å²) >= 11 is 1.43. The van der Waals surface area contributed by atoms with E-state index in [4.69, 9.17) is 4.74 Å². The number of thiophene rings is 1. The van der Waals surface area contributed by atoms with Gasteiger partial charge in [-0.15, -0.1) is 11.3 Å². The molecule has 2 aromatic carbocycles. The Labute approximate surface area is 199 Å². The second kappa shape index (κ2) is 10.1. The first-order chi connectivity index (χ1) is 16.3. The van der Waals surface area contributed by atoms with E-state index in [2.05, 4.69) is 5.32 Å². The Kier molecular flexibility index (Phi) is 7.02. The van der Waals surface area contributed by atoms with Crippen LogP contribution in [0.15, 0.2) is 60.0 Å². The zero-order chi connectivity index (χ0) is 24.2. The maximum atomic E-state index is 13.8. The molecule has 0 saturated carbocycles. The molecule has 176 valence electrons. The third-order valence-corrected chi connectivity index (χ3v) is 6.54. The van der Waals surface area contributed by atoms with Gasteiger partial charge in [-0.2, -0.15) is 0 Å². The van der Waals surface area contributed by atoms with Gasteiger partial charge in [0.2, 0.25) is 5.91 Å². The molecule has 2 atom stereocenters. The fraction of sp³-hybridized carbons (Fsp3) is 0.240. The van der Waals surface area contributed by atoms with E-state index in [0.29, 0.717) is 11.8 Å². The molecule has 1 aliphatic rings. The smallest absolute Gasteiger partial charge is 0.311 e. The van der Waals surface area contributed by atoms with Crippen molar-refractivity contribution in [2.24, 2.45) is 5.92 Å². The van der Waals surface area contributed by atoms with Gasteiger partial charge in [0.1, 0.15) is 11.6 Å². The maximum Gasteiger partial charge on any atom is 0.311 e. The second-order valence-electron chi connectivity index (χ2n) is 7.98. The fourth-order valence-electron chi connectivity index (χ4n) is 3.96. The van der Waals surface area contributed by atoms with Crippen molar-refractivity contribution < 1.29 is 27.9 Å². The molecule has 2 unspecified atom stereocenters. The minimum atomic E-state index is -0.933. The highest BCUT2D eigenvalue weighted by Crippen LogP contribution is 2.42. The molecular weight excluding hydrogens is 462 g/mol. The van der Waals surface area contributed by atoms with Crippen molar-refractivity contribution in [1.82, 2.24) is 0 Å². The number of anilines is 2. The Hall–Kier alpha value is -3.59. The van der Waals surface area contributed by atoms with Gasteiger partial charge >= 0.3 is 5.97 Å². The maximum absolute atomic E-state index is 13.8. The first kappa shape index (κ1) is 23.6. The van der Waals surface area contributed by atoms with Gasteiger partial charge in [-0.1, -0.05) is 23.8 Å². The predicted octanol–water partition coefficient (Wildman–Crippen LogP) is 5.00. The topological polar surface area (TPSA) is 75.7 Å². The third-order valence-electron chi connectivity index (χ3n) is 5.60. The van der Waals surface area contributed by atoms with Gasteiger partial charge in [0.05, 0.1) is 17.6 Å². The van der Waals surface area contributed by atoms with Crippen LogP contribution in [-0.2, 0) is 19.1 Å². The molecule has 2 heterocycles. The molecule has 1 N–H and O–H groups in total. The normalized spacial score (nSPS) is 18.0. The number of ether oxygens (including phenoxy) is 1. The molecule has 1 saturated heterocycles. The quantitative estimate of drug-likeness (QED) is 0.500. The third kappa shape index (κ3) is 5.14. The molecule has 9 heteroatoms. The summed E-state index contributed by atoms with van der Waals surface area (Å²) in [6.07, 6.45) is 0.430. The number of aryl methyl sites for hydroxylation is 1. The van der Waals surface area contributed by atoms with Crippen LogP contribution in [0, 0.1) is 24.5 Å². The lowest BCUT2D eigenvalue weighted by molar-refractivity contribution is -0.153. The van der Waals surface area contributed by atoms with Crippen LogP contribution in [0.4, 0.5) is 20.2 Å². The lowest BCUT2D eigenvalue weighted by atomic mass is 9.87. The zero-order valence-corrected chi connectivity index (χ0v) is 19.1. The SMILES string of the molecule is Cc1ccc(N2C(=O)CCC(C(=O)OCC(=O)Nc3ccc(F)cc3F)C2c2cccs2)cc1. The minimum Gasteiger partial charge on any atom is -0.455 e. The Morgan fingerprint density at radius 3 is 2.59 bits per heavy atom. The van der Waals surface area contributed by atoms with Crippen LogP contribution in [0.1, 0.15) is 29.3 Å². The summed E-state index contributed by atoms with van der Waals surface area (Å²) in [4.78, 5) is 40.6. The van der Waals surface area contributed by atoms with Crippen molar-refractivity contribution in [2.45, 2.75) is 25.8 Å². The van der Waals surface area contributed by atoms with Gasteiger partial charge in [0.25, 0.3) is 5.91 Å². The van der Waals surface area contributed by atoms with Crippen LogP contribution in [0.3, 0.4) is 0 Å². The molecule has 0 radical (unpaired) electrons. The summed E-state index contributed by atoms with van der Waals surface area (Å²) in [5.74, 6) is -3.88. The summed E-state index contributed by atoms with van der Waals surface area (Å²) in [5.41, 5.74) is 1.50. The number of piperidine rings is 1. The molecule has 0 bridgehead atoms. The summed E-state index contributed by atoms with van der Waals surface area (Å²) in [6.45, 7) is 1.31. The molecule has 4 rings (SSSR count). The number of hydrogen-bond donors (Lipinski definition) is 1. The van der Waals surface area contributed by atoms with E-state index in [9.17, 15) is 23.2 Å². The van der Waals surface area contributed by atoms with Crippen LogP contribution >= 0.6 is 11.3 Å². The minimum absolute atomic E-state index is 0.101. The predicted molar refractivity (Wildman–Crippen MR) is 124 cm³/mol. The Morgan fingerprint density at radius 2 is 1.91 bits per heavy atom. The Morgan fingerprint density at radius 1 is 1.15 bits per heavy atom. The highest BCUT2D eigenvalue weighted by molar-refractivity contribution is 7.10. The van der Waals surface area contributed by atoms with Gasteiger partial charge in [-0.3, -0.25) is 14.4 Å². The van der Waals surface area contributed by atoms with E-state index >= 15 is 0 Å². The lowest BCUT2D eigenvalue weighted by Crippen LogP contribution is -2.46. The average Bonchev–Trinajstić information content (AvgIpc) is 3.34. The molecule has 3 aromatic rings. The van der Waals surface area contributed by atoms with E-state index < -0.39 is 42.1 Å². The number of hydrogen-bond acceptors (Lipinski definition) is 5. The van der Waals surface area contributed by atoms with Crippen molar-refractivity contribution in [1.29, 1.82) is 0 Å². The molecule has 1 aliphatic heterocycles. The number of carbonyl (C=O) groups excluding carboxylic acids is 3. The number of esters is 1. The van der Waals surface area contributed by atoms with Crippen LogP contribution in [0.25, 0.3) is 0 Å². The highest BCUT2D eigenvalue weighted by atomic mass is 32.1. The summed E-state index contributed by atoms with van der Waals surface area (Å²) in [5, 5.41) is 4.13. The van der Waals surface area contributed by atoms with Crippen molar-refractivity contribution >= 4 is 40.5 Å². The molecule has 34 heavy (non-hydrogen) atoms. The van der Waals surface area contributed by atoms with E-state index in [0.717, 1.165) is 22.6 Å². The largest absolute Gasteiger partial charge is 0.455 e. The Balaban J connectivity index is 1.50. The average molecular weight is 485 g/mol. The Bertz CT molecular complexity index is 1200. The number of halogens is 2. The van der Waals surface area contributed by atoms with Crippen molar-refractivity contribution in [3.8, 4) is 0 Å². The van der Waals surface area contributed by atoms with Crippen LogP contribution < -0.4 is 10.2 Å². The molecule has 2 amide bonds. The molecule has 0 aliphatic carbocycles. The zero-order valence-electron chi connectivity index (χ0n) is 18.3. The standard InChI is InChI=1S/C25H22F2N2O4S/c1-15-4-7-17(8-5-15)29-23(31)11-9-18(24(29)21-3-2-12-34-21)25(32)33-14-22(30)28-20-10-6-16(26)13-19(20)27/h2-8,10,12-13,18,24H,9,11,14H2,1H3,(H,28,30). The van der Waals surface area contributed by atoms with Gasteiger partial charge in [0.15, 0.2) is 6.61 Å². The van der Waals surface area contributed by atoms with Gasteiger partial charge in [-0.05, 0) is 49.1 Å². The van der Waals surface area contributed by atoms with Crippen LogP contribution in [0.5, 0.6) is 0 Å². The highest BCUT2D eigenvalue weighted by Gasteiger charge is 2.43. The molecule has 1 aromatic heterocycles. The fourth-order valence-corrected chi connectivity index (χ4v) is 4.84. The van der Waals surface area contributed by atoms with Gasteiger partial charge in [0, 0.05) is 23.1 Å². The molecule has 1 fully saturated rings. The summed E-state index contributed by atoms with van der Waals surface area (Å²) in [7, 11) is 0. The first-order valence-electron chi connectivity index (χ1n) is 10.7. The number of benzene rings is 2. The first-order valence-corrected chi connectivity index (χ1v) is 11.5. The van der Waals surface area contributed by atoms with Gasteiger partial charge < -0.3 is 15.0 Å². The number of rotatable bonds is 6. The number of amides is 2. The van der Waals surface area contributed by atoms with E-state index in [1.54, 1.807) is 4.90 Å². The van der Waals surface area contributed by atoms with Gasteiger partial charge in [-0.25, -0.2) is 8.78 Å². The number of carbonyl (C=O) groups is 3. The summed E-state index contributed by atoms with van der Waals surface area (Å²) in [6, 6.07) is 13.3. The monoisotopic (exact) mass is 484 g/mol. The molecular formula is C25H22F2N2O4S. The van der Waals surface area contributed by atoms with E-state index in [1.165, 1.54) is 11.3 Å². The van der Waals surface area contributed by atoms with Crippen molar-refractivity contribution in [3.05, 3.63) is 82.1 Å².